The molecule has 290 valence electrons. The second-order valence-electron chi connectivity index (χ2n) is 16.5. The van der Waals surface area contributed by atoms with E-state index in [2.05, 4.69) is 254 Å². The van der Waals surface area contributed by atoms with E-state index in [1.807, 2.05) is 0 Å². The van der Waals surface area contributed by atoms with Gasteiger partial charge < -0.3 is 9.80 Å². The summed E-state index contributed by atoms with van der Waals surface area (Å²) in [6.07, 6.45) is 0. The lowest BCUT2D eigenvalue weighted by molar-refractivity contribution is 0.645. The van der Waals surface area contributed by atoms with E-state index in [4.69, 9.17) is 0 Å². The highest BCUT2D eigenvalue weighted by atomic mass is 15.1. The lowest BCUT2D eigenvalue weighted by Crippen LogP contribution is -2.24. The summed E-state index contributed by atoms with van der Waals surface area (Å²) in [6, 6.07) is 84.0. The average molecular weight is 781 g/mol. The molecule has 0 N–H and O–H groups in total. The molecular weight excluding hydrogens is 737 g/mol. The van der Waals surface area contributed by atoms with Crippen LogP contribution in [-0.2, 0) is 5.41 Å². The average Bonchev–Trinajstić information content (AvgIpc) is 3.32. The smallest absolute Gasteiger partial charge is 0.0540 e. The second kappa shape index (κ2) is 14.9. The van der Waals surface area contributed by atoms with Gasteiger partial charge in [-0.15, -0.1) is 0 Å². The Morgan fingerprint density at radius 2 is 0.803 bits per heavy atom. The molecular formula is C59H44N2. The highest BCUT2D eigenvalue weighted by Crippen LogP contribution is 2.53. The van der Waals surface area contributed by atoms with Crippen molar-refractivity contribution in [2.75, 3.05) is 9.80 Å². The topological polar surface area (TPSA) is 6.48 Å². The lowest BCUT2D eigenvalue weighted by atomic mass is 9.68. The van der Waals surface area contributed by atoms with Gasteiger partial charge in [-0.2, -0.15) is 0 Å². The monoisotopic (exact) mass is 780 g/mol. The third-order valence-corrected chi connectivity index (χ3v) is 12.6. The molecule has 0 aliphatic heterocycles. The van der Waals surface area contributed by atoms with Gasteiger partial charge in [-0.25, -0.2) is 0 Å². The van der Waals surface area contributed by atoms with E-state index in [9.17, 15) is 0 Å². The van der Waals surface area contributed by atoms with Gasteiger partial charge in [0, 0.05) is 39.3 Å². The summed E-state index contributed by atoms with van der Waals surface area (Å²) in [5.41, 5.74) is 16.6. The molecule has 0 fully saturated rings. The van der Waals surface area contributed by atoms with Crippen molar-refractivity contribution in [3.8, 4) is 33.4 Å². The number of hydrogen-bond acceptors (Lipinski definition) is 2. The van der Waals surface area contributed by atoms with Crippen molar-refractivity contribution in [3.05, 3.63) is 242 Å². The number of para-hydroxylation sites is 4. The summed E-state index contributed by atoms with van der Waals surface area (Å²) in [5, 5.41) is 5.09. The molecule has 0 bridgehead atoms. The normalized spacial score (nSPS) is 12.6. The highest BCUT2D eigenvalue weighted by molar-refractivity contribution is 6.17. The zero-order valence-corrected chi connectivity index (χ0v) is 34.3. The largest absolute Gasteiger partial charge is 0.310 e. The van der Waals surface area contributed by atoms with Crippen LogP contribution < -0.4 is 9.80 Å². The maximum Gasteiger partial charge on any atom is 0.0540 e. The third-order valence-electron chi connectivity index (χ3n) is 12.6. The van der Waals surface area contributed by atoms with Crippen LogP contribution >= 0.6 is 0 Å². The van der Waals surface area contributed by atoms with Crippen LogP contribution in [0.25, 0.3) is 54.9 Å². The van der Waals surface area contributed by atoms with Crippen LogP contribution in [0, 0.1) is 0 Å². The van der Waals surface area contributed by atoms with E-state index in [1.165, 1.54) is 66.1 Å². The van der Waals surface area contributed by atoms with Crippen LogP contribution in [0.4, 0.5) is 34.1 Å². The first-order valence-corrected chi connectivity index (χ1v) is 21.2. The Labute approximate surface area is 358 Å². The van der Waals surface area contributed by atoms with Gasteiger partial charge in [0.1, 0.15) is 0 Å². The Balaban J connectivity index is 1.09. The molecule has 0 atom stereocenters. The molecule has 0 radical (unpaired) electrons. The summed E-state index contributed by atoms with van der Waals surface area (Å²) in [7, 11) is 0. The minimum atomic E-state index is -0.269. The van der Waals surface area contributed by atoms with Crippen molar-refractivity contribution in [2.24, 2.45) is 0 Å². The molecule has 61 heavy (non-hydrogen) atoms. The minimum Gasteiger partial charge on any atom is -0.310 e. The van der Waals surface area contributed by atoms with Crippen molar-refractivity contribution in [2.45, 2.75) is 19.3 Å². The number of fused-ring (bicyclic) bond motifs is 4. The first kappa shape index (κ1) is 36.4. The van der Waals surface area contributed by atoms with Crippen molar-refractivity contribution < 1.29 is 0 Å². The third kappa shape index (κ3) is 6.19. The number of anilines is 6. The highest BCUT2D eigenvalue weighted by Gasteiger charge is 2.35. The SMILES string of the molecule is CC1(C)c2cc(N(c3ccccc3)c3ccccc3-c3ccccc3)ccc2-c2cc3ccc(N(c4ccccc4)c4ccccc4-c4ccccc4)cc3c3cccc1c23. The molecule has 0 saturated heterocycles. The Bertz CT molecular complexity index is 3210. The van der Waals surface area contributed by atoms with Gasteiger partial charge >= 0.3 is 0 Å². The predicted octanol–water partition coefficient (Wildman–Crippen LogP) is 16.6. The fourth-order valence-electron chi connectivity index (χ4n) is 9.71. The predicted molar refractivity (Wildman–Crippen MR) is 259 cm³/mol. The molecule has 0 unspecified atom stereocenters. The van der Waals surface area contributed by atoms with E-state index in [1.54, 1.807) is 0 Å². The van der Waals surface area contributed by atoms with Crippen LogP contribution in [0.5, 0.6) is 0 Å². The van der Waals surface area contributed by atoms with Gasteiger partial charge in [-0.05, 0) is 122 Å². The van der Waals surface area contributed by atoms with Crippen LogP contribution in [0.1, 0.15) is 25.0 Å². The maximum absolute atomic E-state index is 2.45. The molecule has 1 aliphatic carbocycles. The molecule has 10 aromatic rings. The number of benzene rings is 10. The van der Waals surface area contributed by atoms with E-state index in [0.717, 1.165) is 34.1 Å². The van der Waals surface area contributed by atoms with Crippen LogP contribution in [0.15, 0.2) is 231 Å². The van der Waals surface area contributed by atoms with E-state index >= 15 is 0 Å². The Hall–Kier alpha value is -7.68. The van der Waals surface area contributed by atoms with E-state index < -0.39 is 0 Å². The van der Waals surface area contributed by atoms with E-state index in [-0.39, 0.29) is 5.41 Å². The van der Waals surface area contributed by atoms with Gasteiger partial charge in [0.15, 0.2) is 0 Å². The molecule has 0 aromatic heterocycles. The first-order chi connectivity index (χ1) is 30.0. The summed E-state index contributed by atoms with van der Waals surface area (Å²) < 4.78 is 0. The van der Waals surface area contributed by atoms with Gasteiger partial charge in [-0.3, -0.25) is 0 Å². The van der Waals surface area contributed by atoms with Gasteiger partial charge in [0.25, 0.3) is 0 Å². The molecule has 0 saturated carbocycles. The molecule has 0 amide bonds. The Kier molecular flexibility index (Phi) is 8.86. The second-order valence-corrected chi connectivity index (χ2v) is 16.5. The summed E-state index contributed by atoms with van der Waals surface area (Å²) in [4.78, 5) is 4.83. The molecule has 10 aromatic carbocycles. The van der Waals surface area contributed by atoms with E-state index in [0.29, 0.717) is 0 Å². The summed E-state index contributed by atoms with van der Waals surface area (Å²) >= 11 is 0. The van der Waals surface area contributed by atoms with Crippen LogP contribution in [0.2, 0.25) is 0 Å². The molecule has 2 heteroatoms. The molecule has 11 rings (SSSR count). The minimum absolute atomic E-state index is 0.269. The quantitative estimate of drug-likeness (QED) is 0.142. The fraction of sp³-hybridized carbons (Fsp3) is 0.0508. The van der Waals surface area contributed by atoms with Gasteiger partial charge in [-0.1, -0.05) is 178 Å². The Morgan fingerprint density at radius 1 is 0.311 bits per heavy atom. The molecule has 0 heterocycles. The van der Waals surface area contributed by atoms with Crippen LogP contribution in [0.3, 0.4) is 0 Å². The fourth-order valence-corrected chi connectivity index (χ4v) is 9.71. The van der Waals surface area contributed by atoms with Crippen molar-refractivity contribution >= 4 is 55.7 Å². The summed E-state index contributed by atoms with van der Waals surface area (Å²) in [5.74, 6) is 0. The van der Waals surface area contributed by atoms with Crippen molar-refractivity contribution in [1.82, 2.24) is 0 Å². The summed E-state index contributed by atoms with van der Waals surface area (Å²) in [6.45, 7) is 4.80. The lowest BCUT2D eigenvalue weighted by Gasteiger charge is -2.37. The molecule has 1 aliphatic rings. The number of nitrogens with zero attached hydrogens (tertiary/aromatic N) is 2. The number of hydrogen-bond donors (Lipinski definition) is 0. The zero-order chi connectivity index (χ0) is 40.9. The van der Waals surface area contributed by atoms with Gasteiger partial charge in [0.05, 0.1) is 11.4 Å². The van der Waals surface area contributed by atoms with Crippen molar-refractivity contribution in [3.63, 3.8) is 0 Å². The zero-order valence-electron chi connectivity index (χ0n) is 34.3. The molecule has 0 spiro atoms. The van der Waals surface area contributed by atoms with Crippen molar-refractivity contribution in [1.29, 1.82) is 0 Å². The molecule has 2 nitrogen and oxygen atoms in total. The van der Waals surface area contributed by atoms with Crippen LogP contribution in [-0.4, -0.2) is 0 Å². The standard InChI is InChI=1S/C59H44N2/c1-59(2)54-31-19-30-51-52-39-46(60(44-24-11-5-12-25-44)56-32-17-15-28-48(56)41-20-7-3-8-21-41)35-34-43(52)38-53(58(51)54)50-37-36-47(40-55(50)59)61(45-26-13-6-14-27-45)57-33-18-16-29-49(57)42-22-9-4-10-23-42/h3-40H,1-2H3. The maximum atomic E-state index is 2.45. The van der Waals surface area contributed by atoms with Gasteiger partial charge in [0.2, 0.25) is 0 Å². The Morgan fingerprint density at radius 3 is 1.38 bits per heavy atom. The first-order valence-electron chi connectivity index (χ1n) is 21.2. The number of rotatable bonds is 8.